The third kappa shape index (κ3) is 2.85. The van der Waals surface area contributed by atoms with Crippen molar-refractivity contribution in [3.05, 3.63) is 33.9 Å². The molecule has 0 amide bonds. The third-order valence-corrected chi connectivity index (χ3v) is 5.86. The van der Waals surface area contributed by atoms with E-state index in [1.54, 1.807) is 13.1 Å². The van der Waals surface area contributed by atoms with E-state index in [1.165, 1.54) is 15.9 Å². The van der Waals surface area contributed by atoms with E-state index in [9.17, 15) is 15.0 Å². The van der Waals surface area contributed by atoms with E-state index in [4.69, 9.17) is 0 Å². The second-order valence-corrected chi connectivity index (χ2v) is 7.58. The van der Waals surface area contributed by atoms with Gasteiger partial charge < -0.3 is 15.5 Å². The molecule has 0 radical (unpaired) electrons. The summed E-state index contributed by atoms with van der Waals surface area (Å²) in [5.41, 5.74) is 0.124. The van der Waals surface area contributed by atoms with Gasteiger partial charge in [-0.25, -0.2) is 0 Å². The minimum absolute atomic E-state index is 0.0403. The molecule has 8 heteroatoms. The van der Waals surface area contributed by atoms with Gasteiger partial charge in [0.1, 0.15) is 5.75 Å². The zero-order valence-corrected chi connectivity index (χ0v) is 15.2. The van der Waals surface area contributed by atoms with Gasteiger partial charge in [0, 0.05) is 17.1 Å². The Hall–Kier alpha value is -2.45. The van der Waals surface area contributed by atoms with Gasteiger partial charge >= 0.3 is 0 Å². The van der Waals surface area contributed by atoms with Gasteiger partial charge in [0.15, 0.2) is 5.69 Å². The Morgan fingerprint density at radius 1 is 1.23 bits per heavy atom. The van der Waals surface area contributed by atoms with Crippen molar-refractivity contribution in [2.45, 2.75) is 37.8 Å². The van der Waals surface area contributed by atoms with Gasteiger partial charge in [-0.2, -0.15) is 0 Å². The number of phenols is 1. The van der Waals surface area contributed by atoms with E-state index < -0.39 is 6.10 Å². The van der Waals surface area contributed by atoms with Gasteiger partial charge in [-0.1, -0.05) is 12.8 Å². The Morgan fingerprint density at radius 3 is 2.85 bits per heavy atom. The van der Waals surface area contributed by atoms with Crippen molar-refractivity contribution in [2.24, 2.45) is 7.05 Å². The van der Waals surface area contributed by atoms with E-state index in [-0.39, 0.29) is 23.0 Å². The molecule has 1 saturated carbocycles. The first-order valence-electron chi connectivity index (χ1n) is 8.64. The standard InChI is InChI=1S/C18H20N4O3S/c1-22-17(25)15(11-6-7-14-10(16(11)24)8-9-26-14)20-21-18(22)19-12-4-2-3-5-13(12)23/h6-9,12-13,23-24H,2-5H2,1H3,(H,19,21)/t12-,13-/m1/s1. The molecule has 1 aliphatic rings. The molecule has 4 rings (SSSR count). The third-order valence-electron chi connectivity index (χ3n) is 4.98. The first-order chi connectivity index (χ1) is 12.6. The lowest BCUT2D eigenvalue weighted by Gasteiger charge is -2.28. The second kappa shape index (κ2) is 6.69. The quantitative estimate of drug-likeness (QED) is 0.653. The molecule has 136 valence electrons. The largest absolute Gasteiger partial charge is 0.507 e. The molecule has 0 aliphatic heterocycles. The number of nitrogens with zero attached hydrogens (tertiary/aromatic N) is 3. The number of rotatable bonds is 3. The van der Waals surface area contributed by atoms with Gasteiger partial charge in [-0.15, -0.1) is 21.5 Å². The fourth-order valence-corrected chi connectivity index (χ4v) is 4.21. The average molecular weight is 372 g/mol. The zero-order chi connectivity index (χ0) is 18.3. The van der Waals surface area contributed by atoms with Crippen LogP contribution < -0.4 is 10.9 Å². The smallest absolute Gasteiger partial charge is 0.281 e. The summed E-state index contributed by atoms with van der Waals surface area (Å²) in [6.07, 6.45) is 3.15. The summed E-state index contributed by atoms with van der Waals surface area (Å²) < 4.78 is 2.32. The Balaban J connectivity index is 1.71. The van der Waals surface area contributed by atoms with Crippen LogP contribution in [-0.4, -0.2) is 37.1 Å². The van der Waals surface area contributed by atoms with Crippen molar-refractivity contribution in [2.75, 3.05) is 5.32 Å². The van der Waals surface area contributed by atoms with Crippen LogP contribution in [-0.2, 0) is 7.05 Å². The lowest BCUT2D eigenvalue weighted by molar-refractivity contribution is 0.116. The van der Waals surface area contributed by atoms with Crippen LogP contribution in [0, 0.1) is 0 Å². The van der Waals surface area contributed by atoms with Crippen molar-refractivity contribution in [3.63, 3.8) is 0 Å². The van der Waals surface area contributed by atoms with Gasteiger partial charge in [-0.05, 0) is 36.4 Å². The summed E-state index contributed by atoms with van der Waals surface area (Å²) in [6, 6.07) is 5.24. The number of phenolic OH excluding ortho intramolecular Hbond substituents is 1. The number of aliphatic hydroxyl groups excluding tert-OH is 1. The molecular formula is C18H20N4O3S. The van der Waals surface area contributed by atoms with Crippen LogP contribution >= 0.6 is 11.3 Å². The number of aromatic nitrogens is 3. The van der Waals surface area contributed by atoms with Crippen molar-refractivity contribution in [3.8, 4) is 17.0 Å². The molecule has 0 bridgehead atoms. The number of hydrogen-bond donors (Lipinski definition) is 3. The van der Waals surface area contributed by atoms with Crippen LogP contribution in [0.1, 0.15) is 25.7 Å². The van der Waals surface area contributed by atoms with Gasteiger partial charge in [0.05, 0.1) is 17.7 Å². The highest BCUT2D eigenvalue weighted by molar-refractivity contribution is 7.17. The zero-order valence-electron chi connectivity index (χ0n) is 14.3. The number of nitrogens with one attached hydrogen (secondary N) is 1. The first-order valence-corrected chi connectivity index (χ1v) is 9.52. The molecule has 3 aromatic rings. The van der Waals surface area contributed by atoms with Gasteiger partial charge in [-0.3, -0.25) is 9.36 Å². The van der Waals surface area contributed by atoms with Crippen LogP contribution in [0.15, 0.2) is 28.4 Å². The first kappa shape index (κ1) is 17.0. The monoisotopic (exact) mass is 372 g/mol. The number of fused-ring (bicyclic) bond motifs is 1. The fraction of sp³-hybridized carbons (Fsp3) is 0.389. The predicted molar refractivity (Wildman–Crippen MR) is 102 cm³/mol. The Labute approximate surface area is 153 Å². The van der Waals surface area contributed by atoms with Crippen LogP contribution in [0.4, 0.5) is 5.95 Å². The summed E-state index contributed by atoms with van der Waals surface area (Å²) in [4.78, 5) is 12.8. The maximum Gasteiger partial charge on any atom is 0.281 e. The molecule has 1 aromatic carbocycles. The average Bonchev–Trinajstić information content (AvgIpc) is 3.12. The van der Waals surface area contributed by atoms with E-state index in [0.717, 1.165) is 30.4 Å². The minimum atomic E-state index is -0.453. The highest BCUT2D eigenvalue weighted by Crippen LogP contribution is 2.36. The molecule has 3 N–H and O–H groups in total. The summed E-state index contributed by atoms with van der Waals surface area (Å²) in [5.74, 6) is 0.361. The summed E-state index contributed by atoms with van der Waals surface area (Å²) in [6.45, 7) is 0. The highest BCUT2D eigenvalue weighted by Gasteiger charge is 2.25. The van der Waals surface area contributed by atoms with E-state index in [1.807, 2.05) is 17.5 Å². The van der Waals surface area contributed by atoms with Gasteiger partial charge in [0.25, 0.3) is 5.56 Å². The second-order valence-electron chi connectivity index (χ2n) is 6.63. The van der Waals surface area contributed by atoms with E-state index in [0.29, 0.717) is 16.9 Å². The lowest BCUT2D eigenvalue weighted by atomic mass is 9.93. The Morgan fingerprint density at radius 2 is 2.04 bits per heavy atom. The van der Waals surface area contributed by atoms with Gasteiger partial charge in [0.2, 0.25) is 5.95 Å². The maximum absolute atomic E-state index is 12.8. The summed E-state index contributed by atoms with van der Waals surface area (Å²) >= 11 is 1.52. The number of aliphatic hydroxyl groups is 1. The normalized spacial score (nSPS) is 20.4. The van der Waals surface area contributed by atoms with Crippen molar-refractivity contribution in [1.29, 1.82) is 0 Å². The highest BCUT2D eigenvalue weighted by atomic mass is 32.1. The molecule has 2 atom stereocenters. The number of hydrogen-bond acceptors (Lipinski definition) is 7. The molecule has 0 unspecified atom stereocenters. The van der Waals surface area contributed by atoms with Crippen LogP contribution in [0.5, 0.6) is 5.75 Å². The lowest BCUT2D eigenvalue weighted by Crippen LogP contribution is -2.38. The van der Waals surface area contributed by atoms with E-state index in [2.05, 4.69) is 15.5 Å². The SMILES string of the molecule is Cn1c(N[C@@H]2CCCC[C@H]2O)nnc(-c2ccc3sccc3c2O)c1=O. The predicted octanol–water partition coefficient (Wildman–Crippen LogP) is 2.48. The molecule has 1 aliphatic carbocycles. The van der Waals surface area contributed by atoms with Crippen molar-refractivity contribution >= 4 is 27.4 Å². The maximum atomic E-state index is 12.8. The molecule has 0 spiro atoms. The van der Waals surface area contributed by atoms with Crippen LogP contribution in [0.25, 0.3) is 21.3 Å². The molecule has 7 nitrogen and oxygen atoms in total. The summed E-state index contributed by atoms with van der Waals surface area (Å²) in [5, 5.41) is 34.6. The minimum Gasteiger partial charge on any atom is -0.507 e. The molecule has 2 heterocycles. The molecule has 1 fully saturated rings. The number of anilines is 1. The van der Waals surface area contributed by atoms with Crippen LogP contribution in [0.2, 0.25) is 0 Å². The molecular weight excluding hydrogens is 352 g/mol. The Bertz CT molecular complexity index is 1010. The van der Waals surface area contributed by atoms with Crippen LogP contribution in [0.3, 0.4) is 0 Å². The topological polar surface area (TPSA) is 100 Å². The van der Waals surface area contributed by atoms with Crippen molar-refractivity contribution in [1.82, 2.24) is 14.8 Å². The number of thiophene rings is 1. The Kier molecular flexibility index (Phi) is 4.37. The molecule has 2 aromatic heterocycles. The molecule has 26 heavy (non-hydrogen) atoms. The number of benzene rings is 1. The van der Waals surface area contributed by atoms with E-state index >= 15 is 0 Å². The molecule has 0 saturated heterocycles. The van der Waals surface area contributed by atoms with Crippen molar-refractivity contribution < 1.29 is 10.2 Å². The fourth-order valence-electron chi connectivity index (χ4n) is 3.42. The summed E-state index contributed by atoms with van der Waals surface area (Å²) in [7, 11) is 1.61. The number of aromatic hydroxyl groups is 1.